The Morgan fingerprint density at radius 3 is 3.07 bits per heavy atom. The summed E-state index contributed by atoms with van der Waals surface area (Å²) in [6.07, 6.45) is 2.84. The summed E-state index contributed by atoms with van der Waals surface area (Å²) in [5.41, 5.74) is 1.35. The normalized spacial score (nSPS) is 27.6. The Hall–Kier alpha value is -0.550. The van der Waals surface area contributed by atoms with Crippen molar-refractivity contribution in [2.24, 2.45) is 4.99 Å². The van der Waals surface area contributed by atoms with Gasteiger partial charge in [-0.3, -0.25) is 9.79 Å². The molecule has 1 heterocycles. The molecule has 0 aliphatic carbocycles. The molecule has 1 N–H and O–H groups in total. The third-order valence-corrected chi connectivity index (χ3v) is 3.10. The molecule has 2 unspecified atom stereocenters. The van der Waals surface area contributed by atoms with Crippen LogP contribution in [0, 0.1) is 0 Å². The van der Waals surface area contributed by atoms with E-state index in [9.17, 15) is 4.79 Å². The Kier molecular flexibility index (Phi) is 4.41. The number of nitrogens with one attached hydrogen (secondary N) is 1. The minimum absolute atomic E-state index is 0.224. The molecule has 0 aromatic heterocycles. The highest BCUT2D eigenvalue weighted by molar-refractivity contribution is 8.10. The van der Waals surface area contributed by atoms with Gasteiger partial charge in [0.1, 0.15) is 6.10 Å². The maximum absolute atomic E-state index is 10.3. The molecular formula is C9H16N2O2S. The van der Waals surface area contributed by atoms with Crippen molar-refractivity contribution in [3.63, 3.8) is 0 Å². The van der Waals surface area contributed by atoms with E-state index in [4.69, 9.17) is 4.74 Å². The van der Waals surface area contributed by atoms with E-state index in [0.29, 0.717) is 6.47 Å². The highest BCUT2D eigenvalue weighted by atomic mass is 32.2. The highest BCUT2D eigenvalue weighted by Gasteiger charge is 2.38. The zero-order chi connectivity index (χ0) is 10.4. The van der Waals surface area contributed by atoms with Gasteiger partial charge in [-0.15, -0.1) is 0 Å². The summed E-state index contributed by atoms with van der Waals surface area (Å²) in [6.45, 7) is 4.48. The molecule has 0 aromatic carbocycles. The zero-order valence-electron chi connectivity index (χ0n) is 8.53. The van der Waals surface area contributed by atoms with Crippen LogP contribution in [0.2, 0.25) is 0 Å². The quantitative estimate of drug-likeness (QED) is 0.542. The van der Waals surface area contributed by atoms with Crippen LogP contribution in [-0.4, -0.2) is 23.8 Å². The molecule has 4 nitrogen and oxygen atoms in total. The molecule has 0 amide bonds. The lowest BCUT2D eigenvalue weighted by molar-refractivity contribution is -0.136. The molecule has 0 bridgehead atoms. The first-order chi connectivity index (χ1) is 6.75. The molecule has 0 fully saturated rings. The molecule has 1 aliphatic rings. The second-order valence-corrected chi connectivity index (χ2v) is 4.01. The fourth-order valence-corrected chi connectivity index (χ4v) is 2.24. The summed E-state index contributed by atoms with van der Waals surface area (Å²) in [5, 5.41) is 0. The molecule has 0 saturated heterocycles. The van der Waals surface area contributed by atoms with E-state index >= 15 is 0 Å². The average molecular weight is 216 g/mol. The average Bonchev–Trinajstić information content (AvgIpc) is 2.65. The van der Waals surface area contributed by atoms with E-state index < -0.39 is 5.66 Å². The summed E-state index contributed by atoms with van der Waals surface area (Å²) in [5.74, 6) is 0. The second-order valence-electron chi connectivity index (χ2n) is 3.36. The number of aliphatic imine (C=N–C) groups is 1. The van der Waals surface area contributed by atoms with Crippen molar-refractivity contribution in [1.82, 2.24) is 4.72 Å². The number of rotatable bonds is 6. The van der Waals surface area contributed by atoms with Gasteiger partial charge in [0, 0.05) is 0 Å². The van der Waals surface area contributed by atoms with Gasteiger partial charge in [-0.2, -0.15) is 0 Å². The van der Waals surface area contributed by atoms with Crippen molar-refractivity contribution in [3.8, 4) is 0 Å². The second kappa shape index (κ2) is 5.36. The lowest BCUT2D eigenvalue weighted by Crippen LogP contribution is -2.47. The van der Waals surface area contributed by atoms with Crippen LogP contribution in [0.5, 0.6) is 0 Å². The molecule has 1 rings (SSSR count). The van der Waals surface area contributed by atoms with Crippen molar-refractivity contribution in [1.29, 1.82) is 0 Å². The van der Waals surface area contributed by atoms with Gasteiger partial charge in [-0.25, -0.2) is 4.72 Å². The van der Waals surface area contributed by atoms with Crippen molar-refractivity contribution in [2.75, 3.05) is 0 Å². The number of nitrogens with zero attached hydrogens (tertiary/aromatic N) is 1. The monoisotopic (exact) mass is 216 g/mol. The molecule has 0 saturated carbocycles. The van der Waals surface area contributed by atoms with Gasteiger partial charge in [0.2, 0.25) is 0 Å². The first kappa shape index (κ1) is 11.5. The summed E-state index contributed by atoms with van der Waals surface area (Å²) in [6, 6.07) is 0. The lowest BCUT2D eigenvalue weighted by Gasteiger charge is -2.30. The predicted molar refractivity (Wildman–Crippen MR) is 58.1 cm³/mol. The maximum Gasteiger partial charge on any atom is 0.293 e. The number of hydrogen-bond donors (Lipinski definition) is 1. The predicted octanol–water partition coefficient (Wildman–Crippen LogP) is 1.71. The van der Waals surface area contributed by atoms with Crippen LogP contribution < -0.4 is 4.72 Å². The standard InChI is InChI=1S/C9H16N2O2S/c1-3-4-5-9(8(2)13-7-12)10-6-14-11-9/h6-8,11H,3-5H2,1-2H3. The van der Waals surface area contributed by atoms with Crippen molar-refractivity contribution < 1.29 is 9.53 Å². The Bertz CT molecular complexity index is 223. The molecule has 14 heavy (non-hydrogen) atoms. The Balaban J connectivity index is 2.60. The van der Waals surface area contributed by atoms with E-state index in [1.54, 1.807) is 5.55 Å². The number of unbranched alkanes of at least 4 members (excludes halogenated alkanes) is 1. The fourth-order valence-electron chi connectivity index (χ4n) is 1.42. The number of hydrogen-bond acceptors (Lipinski definition) is 5. The van der Waals surface area contributed by atoms with Crippen LogP contribution in [0.3, 0.4) is 0 Å². The summed E-state index contributed by atoms with van der Waals surface area (Å²) >= 11 is 1.45. The Morgan fingerprint density at radius 2 is 2.57 bits per heavy atom. The molecular weight excluding hydrogens is 200 g/mol. The van der Waals surface area contributed by atoms with Crippen LogP contribution in [0.15, 0.2) is 4.99 Å². The van der Waals surface area contributed by atoms with Crippen LogP contribution in [-0.2, 0) is 9.53 Å². The van der Waals surface area contributed by atoms with Gasteiger partial charge in [0.25, 0.3) is 6.47 Å². The van der Waals surface area contributed by atoms with Gasteiger partial charge in [-0.05, 0) is 31.7 Å². The van der Waals surface area contributed by atoms with E-state index in [-0.39, 0.29) is 6.10 Å². The van der Waals surface area contributed by atoms with E-state index in [1.165, 1.54) is 11.9 Å². The van der Waals surface area contributed by atoms with Gasteiger partial charge < -0.3 is 4.74 Å². The van der Waals surface area contributed by atoms with Crippen molar-refractivity contribution in [3.05, 3.63) is 0 Å². The topological polar surface area (TPSA) is 50.7 Å². The fraction of sp³-hybridized carbons (Fsp3) is 0.778. The van der Waals surface area contributed by atoms with Gasteiger partial charge >= 0.3 is 0 Å². The first-order valence-corrected chi connectivity index (χ1v) is 5.69. The largest absolute Gasteiger partial charge is 0.461 e. The minimum Gasteiger partial charge on any atom is -0.461 e. The first-order valence-electron chi connectivity index (χ1n) is 4.81. The zero-order valence-corrected chi connectivity index (χ0v) is 9.34. The maximum atomic E-state index is 10.3. The number of carbonyl (C=O) groups excluding carboxylic acids is 1. The van der Waals surface area contributed by atoms with Crippen LogP contribution in [0.1, 0.15) is 33.1 Å². The molecule has 1 aliphatic heterocycles. The number of ether oxygens (including phenoxy) is 1. The van der Waals surface area contributed by atoms with Gasteiger partial charge in [-0.1, -0.05) is 13.3 Å². The third-order valence-electron chi connectivity index (χ3n) is 2.42. The number of carbonyl (C=O) groups is 1. The molecule has 5 heteroatoms. The highest BCUT2D eigenvalue weighted by Crippen LogP contribution is 2.28. The van der Waals surface area contributed by atoms with E-state index in [1.807, 2.05) is 6.92 Å². The van der Waals surface area contributed by atoms with Crippen LogP contribution >= 0.6 is 11.9 Å². The molecule has 0 spiro atoms. The molecule has 2 atom stereocenters. The van der Waals surface area contributed by atoms with E-state index in [2.05, 4.69) is 16.6 Å². The lowest BCUT2D eigenvalue weighted by atomic mass is 9.99. The summed E-state index contributed by atoms with van der Waals surface area (Å²) in [7, 11) is 0. The molecule has 80 valence electrons. The van der Waals surface area contributed by atoms with E-state index in [0.717, 1.165) is 19.3 Å². The third kappa shape index (κ3) is 2.48. The summed E-state index contributed by atoms with van der Waals surface area (Å²) < 4.78 is 8.16. The summed E-state index contributed by atoms with van der Waals surface area (Å²) in [4.78, 5) is 14.6. The smallest absolute Gasteiger partial charge is 0.293 e. The Morgan fingerprint density at radius 1 is 1.79 bits per heavy atom. The van der Waals surface area contributed by atoms with Gasteiger partial charge in [0.15, 0.2) is 5.66 Å². The van der Waals surface area contributed by atoms with Crippen LogP contribution in [0.25, 0.3) is 0 Å². The molecule has 0 radical (unpaired) electrons. The molecule has 0 aromatic rings. The SMILES string of the molecule is CCCCC1(C(C)OC=O)N=CSN1. The minimum atomic E-state index is -0.415. The van der Waals surface area contributed by atoms with Crippen LogP contribution in [0.4, 0.5) is 0 Å². The van der Waals surface area contributed by atoms with Crippen molar-refractivity contribution >= 4 is 24.0 Å². The Labute approximate surface area is 88.6 Å². The van der Waals surface area contributed by atoms with Gasteiger partial charge in [0.05, 0.1) is 5.55 Å². The van der Waals surface area contributed by atoms with Crippen molar-refractivity contribution in [2.45, 2.75) is 44.9 Å².